The SMILES string of the molecule is CCN1c2ccc(F)cc2NCC1(C)C. The molecule has 0 radical (unpaired) electrons. The number of anilines is 2. The molecule has 0 unspecified atom stereocenters. The average molecular weight is 208 g/mol. The summed E-state index contributed by atoms with van der Waals surface area (Å²) in [6.07, 6.45) is 0. The van der Waals surface area contributed by atoms with Crippen molar-refractivity contribution < 1.29 is 4.39 Å². The first-order chi connectivity index (χ1) is 7.04. The summed E-state index contributed by atoms with van der Waals surface area (Å²) < 4.78 is 13.1. The maximum Gasteiger partial charge on any atom is 0.125 e. The first-order valence-electron chi connectivity index (χ1n) is 5.35. The summed E-state index contributed by atoms with van der Waals surface area (Å²) in [5, 5.41) is 3.28. The van der Waals surface area contributed by atoms with E-state index < -0.39 is 0 Å². The number of halogens is 1. The lowest BCUT2D eigenvalue weighted by molar-refractivity contribution is 0.479. The van der Waals surface area contributed by atoms with E-state index in [9.17, 15) is 4.39 Å². The van der Waals surface area contributed by atoms with Crippen LogP contribution >= 0.6 is 0 Å². The Labute approximate surface area is 90.1 Å². The van der Waals surface area contributed by atoms with Crippen LogP contribution in [-0.2, 0) is 0 Å². The lowest BCUT2D eigenvalue weighted by atomic mass is 9.97. The van der Waals surface area contributed by atoms with Gasteiger partial charge in [-0.15, -0.1) is 0 Å². The highest BCUT2D eigenvalue weighted by Crippen LogP contribution is 2.35. The van der Waals surface area contributed by atoms with Crippen LogP contribution in [0, 0.1) is 5.82 Å². The summed E-state index contributed by atoms with van der Waals surface area (Å²) >= 11 is 0. The van der Waals surface area contributed by atoms with Gasteiger partial charge in [0.1, 0.15) is 5.82 Å². The van der Waals surface area contributed by atoms with Crippen LogP contribution in [0.25, 0.3) is 0 Å². The van der Waals surface area contributed by atoms with Crippen molar-refractivity contribution in [3.8, 4) is 0 Å². The Balaban J connectivity index is 2.47. The van der Waals surface area contributed by atoms with Gasteiger partial charge in [-0.05, 0) is 39.0 Å². The van der Waals surface area contributed by atoms with Crippen molar-refractivity contribution in [2.24, 2.45) is 0 Å². The van der Waals surface area contributed by atoms with Gasteiger partial charge in [0.25, 0.3) is 0 Å². The van der Waals surface area contributed by atoms with E-state index in [0.717, 1.165) is 24.5 Å². The zero-order valence-corrected chi connectivity index (χ0v) is 9.47. The number of nitrogens with zero attached hydrogens (tertiary/aromatic N) is 1. The second-order valence-electron chi connectivity index (χ2n) is 4.57. The maximum atomic E-state index is 13.1. The van der Waals surface area contributed by atoms with Crippen LogP contribution < -0.4 is 10.2 Å². The van der Waals surface area contributed by atoms with Gasteiger partial charge in [0, 0.05) is 13.1 Å². The molecule has 0 bridgehead atoms. The number of hydrogen-bond acceptors (Lipinski definition) is 2. The van der Waals surface area contributed by atoms with Gasteiger partial charge in [-0.25, -0.2) is 4.39 Å². The Hall–Kier alpha value is -1.25. The van der Waals surface area contributed by atoms with Crippen LogP contribution in [0.15, 0.2) is 18.2 Å². The molecular formula is C12H17FN2. The fourth-order valence-electron chi connectivity index (χ4n) is 2.22. The fraction of sp³-hybridized carbons (Fsp3) is 0.500. The summed E-state index contributed by atoms with van der Waals surface area (Å²) in [5.74, 6) is -0.183. The van der Waals surface area contributed by atoms with E-state index in [1.807, 2.05) is 6.07 Å². The lowest BCUT2D eigenvalue weighted by Crippen LogP contribution is -2.52. The number of nitrogens with one attached hydrogen (secondary N) is 1. The van der Waals surface area contributed by atoms with Crippen LogP contribution in [0.4, 0.5) is 15.8 Å². The summed E-state index contributed by atoms with van der Waals surface area (Å²) in [6, 6.07) is 4.93. The molecule has 0 saturated carbocycles. The van der Waals surface area contributed by atoms with Crippen molar-refractivity contribution in [3.05, 3.63) is 24.0 Å². The second kappa shape index (κ2) is 3.40. The zero-order valence-electron chi connectivity index (χ0n) is 9.47. The molecule has 15 heavy (non-hydrogen) atoms. The summed E-state index contributed by atoms with van der Waals surface area (Å²) in [6.45, 7) is 8.29. The highest BCUT2D eigenvalue weighted by Gasteiger charge is 2.31. The highest BCUT2D eigenvalue weighted by molar-refractivity contribution is 5.73. The molecule has 0 aliphatic carbocycles. The van der Waals surface area contributed by atoms with Gasteiger partial charge >= 0.3 is 0 Å². The van der Waals surface area contributed by atoms with E-state index in [-0.39, 0.29) is 11.4 Å². The van der Waals surface area contributed by atoms with Gasteiger partial charge in [0.2, 0.25) is 0 Å². The van der Waals surface area contributed by atoms with Gasteiger partial charge < -0.3 is 10.2 Å². The van der Waals surface area contributed by atoms with E-state index in [2.05, 4.69) is 31.0 Å². The topological polar surface area (TPSA) is 15.3 Å². The molecule has 1 aliphatic rings. The Morgan fingerprint density at radius 2 is 2.20 bits per heavy atom. The molecule has 0 aromatic heterocycles. The predicted molar refractivity (Wildman–Crippen MR) is 62.0 cm³/mol. The molecule has 1 aliphatic heterocycles. The Morgan fingerprint density at radius 1 is 1.47 bits per heavy atom. The minimum atomic E-state index is -0.183. The van der Waals surface area contributed by atoms with Gasteiger partial charge in [0.15, 0.2) is 0 Å². The van der Waals surface area contributed by atoms with E-state index in [0.29, 0.717) is 0 Å². The quantitative estimate of drug-likeness (QED) is 0.763. The van der Waals surface area contributed by atoms with Gasteiger partial charge in [-0.3, -0.25) is 0 Å². The molecule has 82 valence electrons. The van der Waals surface area contributed by atoms with Gasteiger partial charge in [-0.1, -0.05) is 0 Å². The lowest BCUT2D eigenvalue weighted by Gasteiger charge is -2.45. The van der Waals surface area contributed by atoms with Crippen LogP contribution in [0.5, 0.6) is 0 Å². The number of hydrogen-bond donors (Lipinski definition) is 1. The minimum Gasteiger partial charge on any atom is -0.381 e. The normalized spacial score (nSPS) is 18.3. The monoisotopic (exact) mass is 208 g/mol. The molecule has 0 spiro atoms. The Morgan fingerprint density at radius 3 is 2.87 bits per heavy atom. The van der Waals surface area contributed by atoms with Gasteiger partial charge in [0.05, 0.1) is 16.9 Å². The predicted octanol–water partition coefficient (Wildman–Crippen LogP) is 2.86. The molecule has 1 heterocycles. The maximum absolute atomic E-state index is 13.1. The van der Waals surface area contributed by atoms with E-state index in [4.69, 9.17) is 0 Å². The molecule has 3 heteroatoms. The molecule has 1 aromatic rings. The van der Waals surface area contributed by atoms with Crippen molar-refractivity contribution in [2.75, 3.05) is 23.3 Å². The minimum absolute atomic E-state index is 0.0829. The standard InChI is InChI=1S/C12H17FN2/c1-4-15-11-6-5-9(13)7-10(11)14-8-12(15,2)3/h5-7,14H,4,8H2,1-3H3. The van der Waals surface area contributed by atoms with Crippen LogP contribution in [-0.4, -0.2) is 18.6 Å². The Bertz CT molecular complexity index is 374. The number of fused-ring (bicyclic) bond motifs is 1. The molecule has 2 nitrogen and oxygen atoms in total. The number of likely N-dealkylation sites (N-methyl/N-ethyl adjacent to an activating group) is 1. The molecule has 0 fully saturated rings. The molecule has 1 N–H and O–H groups in total. The molecule has 2 rings (SSSR count). The van der Waals surface area contributed by atoms with Crippen LogP contribution in [0.2, 0.25) is 0 Å². The molecule has 0 amide bonds. The average Bonchev–Trinajstić information content (AvgIpc) is 2.18. The van der Waals surface area contributed by atoms with Crippen molar-refractivity contribution in [1.82, 2.24) is 0 Å². The first kappa shape index (κ1) is 10.3. The molecule has 1 aromatic carbocycles. The number of rotatable bonds is 1. The molecule has 0 saturated heterocycles. The summed E-state index contributed by atoms with van der Waals surface area (Å²) in [7, 11) is 0. The third kappa shape index (κ3) is 1.66. The smallest absolute Gasteiger partial charge is 0.125 e. The molecule has 0 atom stereocenters. The summed E-state index contributed by atoms with van der Waals surface area (Å²) in [4.78, 5) is 2.30. The van der Waals surface area contributed by atoms with E-state index in [1.165, 1.54) is 6.07 Å². The third-order valence-electron chi connectivity index (χ3n) is 3.01. The third-order valence-corrected chi connectivity index (χ3v) is 3.01. The van der Waals surface area contributed by atoms with Gasteiger partial charge in [-0.2, -0.15) is 0 Å². The molecular weight excluding hydrogens is 191 g/mol. The highest BCUT2D eigenvalue weighted by atomic mass is 19.1. The largest absolute Gasteiger partial charge is 0.381 e. The van der Waals surface area contributed by atoms with Crippen LogP contribution in [0.3, 0.4) is 0 Å². The van der Waals surface area contributed by atoms with Crippen molar-refractivity contribution in [2.45, 2.75) is 26.3 Å². The fourth-order valence-corrected chi connectivity index (χ4v) is 2.22. The van der Waals surface area contributed by atoms with E-state index in [1.54, 1.807) is 6.07 Å². The Kier molecular flexibility index (Phi) is 2.33. The van der Waals surface area contributed by atoms with E-state index >= 15 is 0 Å². The second-order valence-corrected chi connectivity index (χ2v) is 4.57. The van der Waals surface area contributed by atoms with Crippen LogP contribution in [0.1, 0.15) is 20.8 Å². The number of benzene rings is 1. The van der Waals surface area contributed by atoms with Crippen molar-refractivity contribution in [3.63, 3.8) is 0 Å². The summed E-state index contributed by atoms with van der Waals surface area (Å²) in [5.41, 5.74) is 2.07. The first-order valence-corrected chi connectivity index (χ1v) is 5.35. The van der Waals surface area contributed by atoms with Crippen molar-refractivity contribution in [1.29, 1.82) is 0 Å². The van der Waals surface area contributed by atoms with Crippen molar-refractivity contribution >= 4 is 11.4 Å². The zero-order chi connectivity index (χ0) is 11.1.